The SMILES string of the molecule is COCCN(C1CC1)C1CCC1CNC(C)(C)C. The highest BCUT2D eigenvalue weighted by Gasteiger charge is 2.41. The molecule has 0 aromatic heterocycles. The summed E-state index contributed by atoms with van der Waals surface area (Å²) in [6.45, 7) is 9.94. The number of nitrogens with zero attached hydrogens (tertiary/aromatic N) is 1. The molecule has 0 amide bonds. The van der Waals surface area contributed by atoms with E-state index in [1.54, 1.807) is 0 Å². The molecule has 0 aromatic carbocycles. The number of nitrogens with one attached hydrogen (secondary N) is 1. The summed E-state index contributed by atoms with van der Waals surface area (Å²) >= 11 is 0. The summed E-state index contributed by atoms with van der Waals surface area (Å²) in [5.41, 5.74) is 0.247. The molecule has 3 heteroatoms. The molecule has 0 radical (unpaired) electrons. The number of methoxy groups -OCH3 is 1. The molecule has 2 unspecified atom stereocenters. The lowest BCUT2D eigenvalue weighted by Crippen LogP contribution is -2.54. The topological polar surface area (TPSA) is 24.5 Å². The number of rotatable bonds is 7. The van der Waals surface area contributed by atoms with Gasteiger partial charge >= 0.3 is 0 Å². The molecule has 2 atom stereocenters. The fourth-order valence-electron chi connectivity index (χ4n) is 2.89. The molecular weight excluding hydrogens is 224 g/mol. The average molecular weight is 254 g/mol. The second-order valence-corrected chi connectivity index (χ2v) is 7.00. The fraction of sp³-hybridized carbons (Fsp3) is 1.00. The lowest BCUT2D eigenvalue weighted by molar-refractivity contribution is 0.0315. The van der Waals surface area contributed by atoms with Gasteiger partial charge in [-0.15, -0.1) is 0 Å². The molecular formula is C15H30N2O. The van der Waals surface area contributed by atoms with Crippen LogP contribution in [0.15, 0.2) is 0 Å². The van der Waals surface area contributed by atoms with Crippen LogP contribution in [-0.4, -0.2) is 49.3 Å². The maximum atomic E-state index is 5.26. The first-order valence-corrected chi connectivity index (χ1v) is 7.51. The Hall–Kier alpha value is -0.120. The summed E-state index contributed by atoms with van der Waals surface area (Å²) in [7, 11) is 1.81. The van der Waals surface area contributed by atoms with Gasteiger partial charge in [0.05, 0.1) is 6.61 Å². The van der Waals surface area contributed by atoms with Gasteiger partial charge in [0.1, 0.15) is 0 Å². The third-order valence-corrected chi connectivity index (χ3v) is 4.27. The van der Waals surface area contributed by atoms with Crippen molar-refractivity contribution in [2.45, 2.75) is 64.1 Å². The van der Waals surface area contributed by atoms with Crippen molar-refractivity contribution in [3.63, 3.8) is 0 Å². The first kappa shape index (κ1) is 14.3. The van der Waals surface area contributed by atoms with Crippen molar-refractivity contribution in [1.82, 2.24) is 10.2 Å². The van der Waals surface area contributed by atoms with Crippen LogP contribution in [0.25, 0.3) is 0 Å². The number of hydrogen-bond donors (Lipinski definition) is 1. The number of hydrogen-bond acceptors (Lipinski definition) is 3. The van der Waals surface area contributed by atoms with Gasteiger partial charge in [0.15, 0.2) is 0 Å². The molecule has 18 heavy (non-hydrogen) atoms. The van der Waals surface area contributed by atoms with Crippen LogP contribution in [0.5, 0.6) is 0 Å². The van der Waals surface area contributed by atoms with Crippen LogP contribution in [-0.2, 0) is 4.74 Å². The molecule has 106 valence electrons. The van der Waals surface area contributed by atoms with Crippen molar-refractivity contribution in [3.8, 4) is 0 Å². The molecule has 0 heterocycles. The normalized spacial score (nSPS) is 28.5. The van der Waals surface area contributed by atoms with E-state index >= 15 is 0 Å². The van der Waals surface area contributed by atoms with E-state index in [1.165, 1.54) is 32.2 Å². The van der Waals surface area contributed by atoms with Gasteiger partial charge in [-0.25, -0.2) is 0 Å². The fourth-order valence-corrected chi connectivity index (χ4v) is 2.89. The standard InChI is InChI=1S/C15H30N2O/c1-15(2,3)16-11-12-5-8-14(12)17(9-10-18-4)13-6-7-13/h12-14,16H,5-11H2,1-4H3. The Bertz CT molecular complexity index is 258. The van der Waals surface area contributed by atoms with Crippen LogP contribution < -0.4 is 5.32 Å². The third-order valence-electron chi connectivity index (χ3n) is 4.27. The van der Waals surface area contributed by atoms with Crippen molar-refractivity contribution < 1.29 is 4.74 Å². The van der Waals surface area contributed by atoms with Crippen LogP contribution in [0.1, 0.15) is 46.5 Å². The largest absolute Gasteiger partial charge is 0.383 e. The predicted octanol–water partition coefficient (Wildman–Crippen LogP) is 2.26. The second-order valence-electron chi connectivity index (χ2n) is 7.00. The van der Waals surface area contributed by atoms with E-state index in [1.807, 2.05) is 7.11 Å². The molecule has 0 aromatic rings. The molecule has 2 fully saturated rings. The number of ether oxygens (including phenoxy) is 1. The van der Waals surface area contributed by atoms with E-state index in [2.05, 4.69) is 31.0 Å². The molecule has 2 aliphatic carbocycles. The zero-order valence-corrected chi connectivity index (χ0v) is 12.5. The van der Waals surface area contributed by atoms with E-state index in [0.29, 0.717) is 0 Å². The summed E-state index contributed by atoms with van der Waals surface area (Å²) in [5, 5.41) is 3.67. The molecule has 0 spiro atoms. The van der Waals surface area contributed by atoms with E-state index in [9.17, 15) is 0 Å². The minimum absolute atomic E-state index is 0.247. The predicted molar refractivity (Wildman–Crippen MR) is 75.9 cm³/mol. The quantitative estimate of drug-likeness (QED) is 0.754. The van der Waals surface area contributed by atoms with Gasteiger partial charge < -0.3 is 10.1 Å². The highest BCUT2D eigenvalue weighted by atomic mass is 16.5. The first-order valence-electron chi connectivity index (χ1n) is 7.51. The van der Waals surface area contributed by atoms with Gasteiger partial charge in [0, 0.05) is 31.3 Å². The molecule has 0 saturated heterocycles. The maximum Gasteiger partial charge on any atom is 0.0589 e. The van der Waals surface area contributed by atoms with Crippen LogP contribution in [0.4, 0.5) is 0 Å². The molecule has 2 aliphatic rings. The van der Waals surface area contributed by atoms with Gasteiger partial charge in [-0.1, -0.05) is 0 Å². The molecule has 1 N–H and O–H groups in total. The van der Waals surface area contributed by atoms with Crippen LogP contribution in [0, 0.1) is 5.92 Å². The lowest BCUT2D eigenvalue weighted by Gasteiger charge is -2.45. The first-order chi connectivity index (χ1) is 8.51. The highest BCUT2D eigenvalue weighted by Crippen LogP contribution is 2.38. The van der Waals surface area contributed by atoms with Crippen molar-refractivity contribution in [1.29, 1.82) is 0 Å². The van der Waals surface area contributed by atoms with Gasteiger partial charge in [-0.05, 0) is 58.9 Å². The third kappa shape index (κ3) is 3.94. The van der Waals surface area contributed by atoms with Crippen molar-refractivity contribution in [2.24, 2.45) is 5.92 Å². The molecule has 2 rings (SSSR count). The molecule has 2 saturated carbocycles. The van der Waals surface area contributed by atoms with E-state index in [-0.39, 0.29) is 5.54 Å². The van der Waals surface area contributed by atoms with Crippen LogP contribution in [0.2, 0.25) is 0 Å². The summed E-state index contributed by atoms with van der Waals surface area (Å²) in [4.78, 5) is 2.72. The van der Waals surface area contributed by atoms with Gasteiger partial charge in [-0.2, -0.15) is 0 Å². The van der Waals surface area contributed by atoms with Gasteiger partial charge in [-0.3, -0.25) is 4.90 Å². The van der Waals surface area contributed by atoms with Crippen LogP contribution in [0.3, 0.4) is 0 Å². The smallest absolute Gasteiger partial charge is 0.0589 e. The highest BCUT2D eigenvalue weighted by molar-refractivity contribution is 4.97. The lowest BCUT2D eigenvalue weighted by atomic mass is 9.78. The molecule has 3 nitrogen and oxygen atoms in total. The Kier molecular flexibility index (Phi) is 4.68. The minimum Gasteiger partial charge on any atom is -0.383 e. The summed E-state index contributed by atoms with van der Waals surface area (Å²) < 4.78 is 5.26. The molecule has 0 aliphatic heterocycles. The summed E-state index contributed by atoms with van der Waals surface area (Å²) in [6.07, 6.45) is 5.58. The monoisotopic (exact) mass is 254 g/mol. The maximum absolute atomic E-state index is 5.26. The molecule has 0 bridgehead atoms. The Morgan fingerprint density at radius 3 is 2.33 bits per heavy atom. The van der Waals surface area contributed by atoms with E-state index in [4.69, 9.17) is 4.74 Å². The Morgan fingerprint density at radius 1 is 1.17 bits per heavy atom. The summed E-state index contributed by atoms with van der Waals surface area (Å²) in [6, 6.07) is 1.67. The van der Waals surface area contributed by atoms with Gasteiger partial charge in [0.2, 0.25) is 0 Å². The Labute approximate surface area is 112 Å². The second kappa shape index (κ2) is 5.89. The van der Waals surface area contributed by atoms with Crippen molar-refractivity contribution >= 4 is 0 Å². The van der Waals surface area contributed by atoms with Crippen molar-refractivity contribution in [3.05, 3.63) is 0 Å². The average Bonchev–Trinajstić information content (AvgIpc) is 3.04. The van der Waals surface area contributed by atoms with E-state index < -0.39 is 0 Å². The summed E-state index contributed by atoms with van der Waals surface area (Å²) in [5.74, 6) is 0.849. The van der Waals surface area contributed by atoms with Crippen molar-refractivity contribution in [2.75, 3.05) is 26.8 Å². The Morgan fingerprint density at radius 2 is 1.89 bits per heavy atom. The van der Waals surface area contributed by atoms with Gasteiger partial charge in [0.25, 0.3) is 0 Å². The Balaban J connectivity index is 1.79. The van der Waals surface area contributed by atoms with E-state index in [0.717, 1.165) is 31.2 Å². The van der Waals surface area contributed by atoms with Crippen LogP contribution >= 0.6 is 0 Å². The zero-order valence-electron chi connectivity index (χ0n) is 12.5. The minimum atomic E-state index is 0.247. The zero-order chi connectivity index (χ0) is 13.2.